The quantitative estimate of drug-likeness (QED) is 0.455. The fourth-order valence-electron chi connectivity index (χ4n) is 0.979. The Kier molecular flexibility index (Phi) is 1.57. The van der Waals surface area contributed by atoms with Crippen LogP contribution in [0.5, 0.6) is 0 Å². The Morgan fingerprint density at radius 1 is 1.17 bits per heavy atom. The van der Waals surface area contributed by atoms with Crippen molar-refractivity contribution >= 4 is 14.3 Å². The molecule has 0 atom stereocenters. The Balaban J connectivity index is 2.18. The molecule has 0 spiro atoms. The predicted molar refractivity (Wildman–Crippen MR) is 30.5 cm³/mol. The van der Waals surface area contributed by atoms with Crippen LogP contribution in [0.2, 0.25) is 16.3 Å². The van der Waals surface area contributed by atoms with E-state index in [1.54, 1.807) is 23.3 Å². The fraction of sp³-hybridized carbons (Fsp3) is 1.00. The first kappa shape index (κ1) is 4.70. The van der Waals surface area contributed by atoms with Gasteiger partial charge in [-0.05, 0) is 0 Å². The van der Waals surface area contributed by atoms with Gasteiger partial charge in [0.05, 0.1) is 0 Å². The summed E-state index contributed by atoms with van der Waals surface area (Å²) < 4.78 is 0. The third kappa shape index (κ3) is 1.00. The molecule has 1 aliphatic rings. The molecule has 0 unspecified atom stereocenters. The molecule has 1 saturated heterocycles. The van der Waals surface area contributed by atoms with Gasteiger partial charge >= 0.3 is 43.5 Å². The molecule has 0 bridgehead atoms. The summed E-state index contributed by atoms with van der Waals surface area (Å²) in [6, 6.07) is 0. The van der Waals surface area contributed by atoms with Gasteiger partial charge in [-0.15, -0.1) is 0 Å². The van der Waals surface area contributed by atoms with Crippen molar-refractivity contribution in [2.75, 3.05) is 0 Å². The maximum atomic E-state index is 2.51. The summed E-state index contributed by atoms with van der Waals surface area (Å²) >= 11 is -0.269. The molecule has 0 aromatic heterocycles. The van der Waals surface area contributed by atoms with Gasteiger partial charge in [-0.3, -0.25) is 0 Å². The Bertz CT molecular complexity index is 37.2. The summed E-state index contributed by atoms with van der Waals surface area (Å²) in [4.78, 5) is 0. The molecular weight excluding hydrogens is 133 g/mol. The first-order chi connectivity index (χ1) is 2.89. The van der Waals surface area contributed by atoms with Crippen LogP contribution in [-0.2, 0) is 0 Å². The molecule has 0 aliphatic carbocycles. The average molecular weight is 144 g/mol. The second-order valence-electron chi connectivity index (χ2n) is 2.16. The molecule has 1 rings (SSSR count). The van der Waals surface area contributed by atoms with Gasteiger partial charge in [0.25, 0.3) is 0 Å². The molecule has 6 heavy (non-hydrogen) atoms. The zero-order valence-electron chi connectivity index (χ0n) is 4.33. The van der Waals surface area contributed by atoms with Crippen molar-refractivity contribution in [2.45, 2.75) is 29.1 Å². The molecule has 0 N–H and O–H groups in total. The van der Waals surface area contributed by atoms with Crippen LogP contribution < -0.4 is 0 Å². The van der Waals surface area contributed by atoms with Crippen LogP contribution in [0, 0.1) is 0 Å². The average Bonchev–Trinajstić information content (AvgIpc) is 1.86. The Hall–Kier alpha value is 0.543. The topological polar surface area (TPSA) is 0 Å². The molecule has 1 radical (unpaired) electrons. The summed E-state index contributed by atoms with van der Waals surface area (Å²) in [6.07, 6.45) is 3.12. The normalized spacial score (nSPS) is 25.5. The summed E-state index contributed by atoms with van der Waals surface area (Å²) in [7, 11) is 0. The molecule has 0 aromatic carbocycles. The molecule has 0 aromatic rings. The van der Waals surface area contributed by atoms with Gasteiger partial charge in [-0.25, -0.2) is 0 Å². The van der Waals surface area contributed by atoms with E-state index in [0.717, 1.165) is 0 Å². The van der Waals surface area contributed by atoms with E-state index >= 15 is 0 Å². The maximum absolute atomic E-state index is 2.51. The molecule has 0 amide bonds. The summed E-state index contributed by atoms with van der Waals surface area (Å²) in [5.41, 5.74) is 0. The van der Waals surface area contributed by atoms with E-state index in [2.05, 4.69) is 5.76 Å². The molecular formula is C5H11Ge. The van der Waals surface area contributed by atoms with Crippen LogP contribution in [0.3, 0.4) is 0 Å². The SMILES string of the molecule is [CH3][Ge]1[CH2]CC[CH2]1. The Labute approximate surface area is 44.0 Å². The van der Waals surface area contributed by atoms with E-state index in [4.69, 9.17) is 0 Å². The van der Waals surface area contributed by atoms with Crippen molar-refractivity contribution < 1.29 is 0 Å². The van der Waals surface area contributed by atoms with Crippen LogP contribution in [0.4, 0.5) is 0 Å². The van der Waals surface area contributed by atoms with Crippen LogP contribution in [0.25, 0.3) is 0 Å². The molecule has 1 fully saturated rings. The molecule has 1 heteroatoms. The van der Waals surface area contributed by atoms with Gasteiger partial charge in [0, 0.05) is 0 Å². The third-order valence-electron chi connectivity index (χ3n) is 1.46. The van der Waals surface area contributed by atoms with Gasteiger partial charge in [-0.1, -0.05) is 0 Å². The van der Waals surface area contributed by atoms with Gasteiger partial charge in [0.15, 0.2) is 0 Å². The Morgan fingerprint density at radius 3 is 1.83 bits per heavy atom. The molecule has 0 nitrogen and oxygen atoms in total. The molecule has 1 aliphatic heterocycles. The van der Waals surface area contributed by atoms with Crippen molar-refractivity contribution in [3.63, 3.8) is 0 Å². The summed E-state index contributed by atoms with van der Waals surface area (Å²) in [5.74, 6) is 2.51. The van der Waals surface area contributed by atoms with Gasteiger partial charge in [0.1, 0.15) is 0 Å². The van der Waals surface area contributed by atoms with Crippen molar-refractivity contribution in [1.29, 1.82) is 0 Å². The second kappa shape index (κ2) is 2.01. The number of rotatable bonds is 0. The second-order valence-corrected chi connectivity index (χ2v) is 8.28. The van der Waals surface area contributed by atoms with Crippen molar-refractivity contribution in [1.82, 2.24) is 0 Å². The first-order valence-electron chi connectivity index (χ1n) is 2.71. The zero-order valence-corrected chi connectivity index (χ0v) is 6.43. The van der Waals surface area contributed by atoms with Gasteiger partial charge < -0.3 is 0 Å². The molecule has 35 valence electrons. The molecule has 0 saturated carbocycles. The van der Waals surface area contributed by atoms with Crippen molar-refractivity contribution in [3.05, 3.63) is 0 Å². The van der Waals surface area contributed by atoms with E-state index < -0.39 is 0 Å². The third-order valence-corrected chi connectivity index (χ3v) is 6.52. The monoisotopic (exact) mass is 145 g/mol. The van der Waals surface area contributed by atoms with Crippen molar-refractivity contribution in [2.24, 2.45) is 0 Å². The van der Waals surface area contributed by atoms with E-state index in [0.29, 0.717) is 0 Å². The molecule has 1 heterocycles. The first-order valence-corrected chi connectivity index (χ1v) is 7.77. The van der Waals surface area contributed by atoms with Crippen LogP contribution in [0.15, 0.2) is 0 Å². The van der Waals surface area contributed by atoms with Gasteiger partial charge in [-0.2, -0.15) is 0 Å². The minimum atomic E-state index is -0.269. The van der Waals surface area contributed by atoms with E-state index in [1.807, 2.05) is 0 Å². The van der Waals surface area contributed by atoms with Crippen LogP contribution in [-0.4, -0.2) is 14.3 Å². The zero-order chi connectivity index (χ0) is 4.41. The standard InChI is InChI=1S/C5H11Ge/c1-6-4-2-3-5-6/h2-5H2,1H3. The number of hydrogen-bond donors (Lipinski definition) is 0. The van der Waals surface area contributed by atoms with Crippen molar-refractivity contribution in [3.8, 4) is 0 Å². The minimum absolute atomic E-state index is 0.269. The van der Waals surface area contributed by atoms with E-state index in [9.17, 15) is 0 Å². The van der Waals surface area contributed by atoms with E-state index in [-0.39, 0.29) is 14.3 Å². The van der Waals surface area contributed by atoms with Crippen LogP contribution in [0.1, 0.15) is 12.8 Å². The summed E-state index contributed by atoms with van der Waals surface area (Å²) in [6.45, 7) is 0. The fourth-order valence-corrected chi connectivity index (χ4v) is 5.08. The van der Waals surface area contributed by atoms with E-state index in [1.165, 1.54) is 0 Å². The van der Waals surface area contributed by atoms with Gasteiger partial charge in [0.2, 0.25) is 0 Å². The predicted octanol–water partition coefficient (Wildman–Crippen LogP) is 1.90. The van der Waals surface area contributed by atoms with Crippen LogP contribution >= 0.6 is 0 Å². The summed E-state index contributed by atoms with van der Waals surface area (Å²) in [5, 5.41) is 3.31. The Morgan fingerprint density at radius 2 is 1.67 bits per heavy atom. The number of hydrogen-bond acceptors (Lipinski definition) is 0.